The van der Waals surface area contributed by atoms with E-state index in [0.29, 0.717) is 6.04 Å². The Morgan fingerprint density at radius 2 is 1.92 bits per heavy atom. The van der Waals surface area contributed by atoms with Crippen LogP contribution in [0.1, 0.15) is 42.5 Å². The Balaban J connectivity index is 1.74. The van der Waals surface area contributed by atoms with E-state index in [2.05, 4.69) is 30.6 Å². The zero-order valence-corrected chi connectivity index (χ0v) is 16.4. The second kappa shape index (κ2) is 7.17. The van der Waals surface area contributed by atoms with Crippen molar-refractivity contribution in [1.29, 1.82) is 0 Å². The Bertz CT molecular complexity index is 753. The number of hydrogen-bond acceptors (Lipinski definition) is 6. The molecule has 5 nitrogen and oxygen atoms in total. The first kappa shape index (κ1) is 17.2. The molecular weight excluding hydrogens is 332 g/mol. The molecule has 136 valence electrons. The number of morpholine rings is 1. The molecule has 2 aliphatic heterocycles. The van der Waals surface area contributed by atoms with E-state index in [4.69, 9.17) is 14.7 Å². The van der Waals surface area contributed by atoms with E-state index in [-0.39, 0.29) is 0 Å². The number of thiophene rings is 1. The van der Waals surface area contributed by atoms with Crippen LogP contribution in [-0.2, 0) is 11.3 Å². The predicted molar refractivity (Wildman–Crippen MR) is 104 cm³/mol. The Labute approximate surface area is 154 Å². The quantitative estimate of drug-likeness (QED) is 0.838. The number of aryl methyl sites for hydroxylation is 2. The lowest BCUT2D eigenvalue weighted by Gasteiger charge is -2.35. The van der Waals surface area contributed by atoms with Crippen LogP contribution in [0.3, 0.4) is 0 Å². The van der Waals surface area contributed by atoms with E-state index >= 15 is 0 Å². The lowest BCUT2D eigenvalue weighted by atomic mass is 10.0. The van der Waals surface area contributed by atoms with Gasteiger partial charge in [-0.15, -0.1) is 11.3 Å². The number of anilines is 1. The zero-order valence-electron chi connectivity index (χ0n) is 15.5. The van der Waals surface area contributed by atoms with Gasteiger partial charge in [-0.05, 0) is 45.6 Å². The maximum Gasteiger partial charge on any atom is 0.146 e. The third-order valence-electron chi connectivity index (χ3n) is 5.60. The zero-order chi connectivity index (χ0) is 17.4. The summed E-state index contributed by atoms with van der Waals surface area (Å²) >= 11 is 1.81. The number of rotatable bonds is 3. The van der Waals surface area contributed by atoms with Crippen molar-refractivity contribution < 1.29 is 4.74 Å². The molecular formula is C19H28N4OS. The van der Waals surface area contributed by atoms with Crippen molar-refractivity contribution in [3.8, 4) is 0 Å². The van der Waals surface area contributed by atoms with Crippen molar-refractivity contribution in [3.63, 3.8) is 0 Å². The van der Waals surface area contributed by atoms with E-state index in [0.717, 1.165) is 50.0 Å². The van der Waals surface area contributed by atoms with Gasteiger partial charge in [0, 0.05) is 30.6 Å². The predicted octanol–water partition coefficient (Wildman–Crippen LogP) is 3.52. The van der Waals surface area contributed by atoms with Gasteiger partial charge in [0.1, 0.15) is 16.5 Å². The number of fused-ring (bicyclic) bond motifs is 1. The molecule has 0 saturated carbocycles. The highest BCUT2D eigenvalue weighted by atomic mass is 32.1. The van der Waals surface area contributed by atoms with E-state index < -0.39 is 0 Å². The second-order valence-electron chi connectivity index (χ2n) is 7.35. The Kier molecular flexibility index (Phi) is 4.93. The molecule has 4 rings (SSSR count). The molecule has 0 radical (unpaired) electrons. The lowest BCUT2D eigenvalue weighted by Crippen LogP contribution is -2.39. The van der Waals surface area contributed by atoms with E-state index in [1.165, 1.54) is 40.9 Å². The van der Waals surface area contributed by atoms with Crippen molar-refractivity contribution in [3.05, 3.63) is 16.3 Å². The van der Waals surface area contributed by atoms with Crippen LogP contribution < -0.4 is 4.90 Å². The van der Waals surface area contributed by atoms with Crippen molar-refractivity contribution in [2.45, 2.75) is 52.6 Å². The topological polar surface area (TPSA) is 41.5 Å². The van der Waals surface area contributed by atoms with Crippen LogP contribution in [0.5, 0.6) is 0 Å². The Morgan fingerprint density at radius 1 is 1.12 bits per heavy atom. The van der Waals surface area contributed by atoms with Crippen LogP contribution in [0.25, 0.3) is 10.2 Å². The molecule has 1 atom stereocenters. The molecule has 25 heavy (non-hydrogen) atoms. The van der Waals surface area contributed by atoms with Gasteiger partial charge in [0.15, 0.2) is 0 Å². The third-order valence-corrected chi connectivity index (χ3v) is 6.70. The largest absolute Gasteiger partial charge is 0.379 e. The molecule has 2 fully saturated rings. The normalized spacial score (nSPS) is 22.7. The van der Waals surface area contributed by atoms with Gasteiger partial charge in [-0.1, -0.05) is 0 Å². The fourth-order valence-corrected chi connectivity index (χ4v) is 4.96. The minimum atomic E-state index is 0.558. The van der Waals surface area contributed by atoms with Crippen LogP contribution >= 0.6 is 11.3 Å². The molecule has 6 heteroatoms. The fraction of sp³-hybridized carbons (Fsp3) is 0.684. The summed E-state index contributed by atoms with van der Waals surface area (Å²) in [6.07, 6.45) is 3.84. The van der Waals surface area contributed by atoms with Gasteiger partial charge in [0.2, 0.25) is 0 Å². The van der Waals surface area contributed by atoms with Gasteiger partial charge in [-0.2, -0.15) is 0 Å². The molecule has 2 saturated heterocycles. The van der Waals surface area contributed by atoms with E-state index in [1.54, 1.807) is 0 Å². The van der Waals surface area contributed by atoms with Gasteiger partial charge in [-0.25, -0.2) is 9.97 Å². The summed E-state index contributed by atoms with van der Waals surface area (Å²) in [5, 5.41) is 1.28. The van der Waals surface area contributed by atoms with Crippen LogP contribution in [0.4, 0.5) is 5.82 Å². The Morgan fingerprint density at radius 3 is 2.68 bits per heavy atom. The van der Waals surface area contributed by atoms with Crippen molar-refractivity contribution in [2.75, 3.05) is 37.7 Å². The highest BCUT2D eigenvalue weighted by Crippen LogP contribution is 2.37. The summed E-state index contributed by atoms with van der Waals surface area (Å²) in [5.74, 6) is 2.13. The molecule has 1 unspecified atom stereocenters. The van der Waals surface area contributed by atoms with Crippen LogP contribution in [0, 0.1) is 13.8 Å². The fourth-order valence-electron chi connectivity index (χ4n) is 3.92. The number of hydrogen-bond donors (Lipinski definition) is 0. The monoisotopic (exact) mass is 360 g/mol. The van der Waals surface area contributed by atoms with E-state index in [9.17, 15) is 0 Å². The van der Waals surface area contributed by atoms with Crippen LogP contribution in [-0.4, -0.2) is 53.8 Å². The first-order valence-corrected chi connectivity index (χ1v) is 10.3. The maximum absolute atomic E-state index is 5.47. The average Bonchev–Trinajstić information content (AvgIpc) is 2.90. The maximum atomic E-state index is 5.47. The summed E-state index contributed by atoms with van der Waals surface area (Å²) in [6.45, 7) is 12.3. The molecule has 0 aromatic carbocycles. The third kappa shape index (κ3) is 3.39. The molecule has 4 heterocycles. The molecule has 0 aliphatic carbocycles. The first-order valence-electron chi connectivity index (χ1n) is 9.47. The standard InChI is InChI=1S/C19H28N4OS/c1-13-6-4-5-7-23(13)18-17-14(2)15(3)25-19(17)21-16(20-18)12-22-8-10-24-11-9-22/h13H,4-12H2,1-3H3. The summed E-state index contributed by atoms with van der Waals surface area (Å²) in [7, 11) is 0. The van der Waals surface area contributed by atoms with Crippen molar-refractivity contribution >= 4 is 27.4 Å². The molecule has 0 bridgehead atoms. The van der Waals surface area contributed by atoms with Crippen molar-refractivity contribution in [1.82, 2.24) is 14.9 Å². The van der Waals surface area contributed by atoms with Crippen LogP contribution in [0.15, 0.2) is 0 Å². The molecule has 2 aromatic heterocycles. The first-order chi connectivity index (χ1) is 12.1. The molecule has 0 spiro atoms. The average molecular weight is 361 g/mol. The minimum Gasteiger partial charge on any atom is -0.379 e. The van der Waals surface area contributed by atoms with Gasteiger partial charge < -0.3 is 9.64 Å². The second-order valence-corrected chi connectivity index (χ2v) is 8.56. The van der Waals surface area contributed by atoms with Gasteiger partial charge in [0.05, 0.1) is 25.1 Å². The number of piperidine rings is 1. The van der Waals surface area contributed by atoms with Crippen LogP contribution in [0.2, 0.25) is 0 Å². The number of ether oxygens (including phenoxy) is 1. The highest BCUT2D eigenvalue weighted by molar-refractivity contribution is 7.18. The van der Waals surface area contributed by atoms with Gasteiger partial charge in [0.25, 0.3) is 0 Å². The lowest BCUT2D eigenvalue weighted by molar-refractivity contribution is 0.0331. The highest BCUT2D eigenvalue weighted by Gasteiger charge is 2.25. The van der Waals surface area contributed by atoms with Gasteiger partial charge in [-0.3, -0.25) is 4.90 Å². The minimum absolute atomic E-state index is 0.558. The Hall–Kier alpha value is -1.24. The smallest absolute Gasteiger partial charge is 0.146 e. The summed E-state index contributed by atoms with van der Waals surface area (Å²) in [5.41, 5.74) is 1.35. The summed E-state index contributed by atoms with van der Waals surface area (Å²) in [4.78, 5) is 17.5. The van der Waals surface area contributed by atoms with Crippen molar-refractivity contribution in [2.24, 2.45) is 0 Å². The molecule has 0 N–H and O–H groups in total. The number of nitrogens with zero attached hydrogens (tertiary/aromatic N) is 4. The summed E-state index contributed by atoms with van der Waals surface area (Å²) in [6, 6.07) is 0.558. The van der Waals surface area contributed by atoms with Gasteiger partial charge >= 0.3 is 0 Å². The summed E-state index contributed by atoms with van der Waals surface area (Å²) < 4.78 is 5.47. The SMILES string of the molecule is Cc1sc2nc(CN3CCOCC3)nc(N3CCCCC3C)c2c1C. The van der Waals surface area contributed by atoms with E-state index in [1.807, 2.05) is 11.3 Å². The molecule has 0 amide bonds. The molecule has 2 aromatic rings. The molecule has 2 aliphatic rings. The number of aromatic nitrogens is 2.